The van der Waals surface area contributed by atoms with E-state index in [1.54, 1.807) is 6.07 Å². The van der Waals surface area contributed by atoms with Crippen LogP contribution in [0.2, 0.25) is 0 Å². The molecule has 0 aliphatic heterocycles. The standard InChI is InChI=1S/C15H17F3N2O/c1-3-5-9(2)13-12(14(19)20-21-13)10-6-4-7-11(8-10)15(16,17)18/h4,6-9H,3,5H2,1-2H3,(H2,19,20). The Kier molecular flexibility index (Phi) is 4.25. The Labute approximate surface area is 120 Å². The van der Waals surface area contributed by atoms with Crippen LogP contribution in [0.4, 0.5) is 19.0 Å². The van der Waals surface area contributed by atoms with Crippen molar-refractivity contribution in [3.8, 4) is 11.1 Å². The predicted octanol–water partition coefficient (Wildman–Crippen LogP) is 4.85. The van der Waals surface area contributed by atoms with Crippen LogP contribution in [-0.4, -0.2) is 5.16 Å². The van der Waals surface area contributed by atoms with E-state index in [2.05, 4.69) is 5.16 Å². The molecule has 0 amide bonds. The van der Waals surface area contributed by atoms with Gasteiger partial charge in [-0.15, -0.1) is 0 Å². The van der Waals surface area contributed by atoms with Gasteiger partial charge in [0.2, 0.25) is 0 Å². The molecule has 0 saturated carbocycles. The maximum atomic E-state index is 12.8. The molecule has 0 bridgehead atoms. The average Bonchev–Trinajstić information content (AvgIpc) is 2.80. The summed E-state index contributed by atoms with van der Waals surface area (Å²) in [5.41, 5.74) is 5.90. The second-order valence-corrected chi connectivity index (χ2v) is 5.08. The summed E-state index contributed by atoms with van der Waals surface area (Å²) in [7, 11) is 0. The molecular formula is C15H17F3N2O. The van der Waals surface area contributed by atoms with E-state index in [1.165, 1.54) is 6.07 Å². The Hall–Kier alpha value is -1.98. The van der Waals surface area contributed by atoms with Gasteiger partial charge in [-0.05, 0) is 24.1 Å². The van der Waals surface area contributed by atoms with Crippen molar-refractivity contribution in [3.63, 3.8) is 0 Å². The second kappa shape index (κ2) is 5.79. The van der Waals surface area contributed by atoms with E-state index in [0.29, 0.717) is 16.9 Å². The Bertz CT molecular complexity index is 620. The fourth-order valence-electron chi connectivity index (χ4n) is 2.36. The third-order valence-electron chi connectivity index (χ3n) is 3.39. The summed E-state index contributed by atoms with van der Waals surface area (Å²) in [6.45, 7) is 3.97. The van der Waals surface area contributed by atoms with Gasteiger partial charge in [0.05, 0.1) is 11.1 Å². The van der Waals surface area contributed by atoms with Crippen LogP contribution >= 0.6 is 0 Å². The third kappa shape index (κ3) is 3.20. The number of hydrogen-bond acceptors (Lipinski definition) is 3. The van der Waals surface area contributed by atoms with Crippen molar-refractivity contribution in [1.82, 2.24) is 5.16 Å². The monoisotopic (exact) mass is 298 g/mol. The fraction of sp³-hybridized carbons (Fsp3) is 0.400. The van der Waals surface area contributed by atoms with E-state index in [1.807, 2.05) is 13.8 Å². The van der Waals surface area contributed by atoms with E-state index >= 15 is 0 Å². The Balaban J connectivity index is 2.50. The maximum Gasteiger partial charge on any atom is 0.416 e. The van der Waals surface area contributed by atoms with Gasteiger partial charge in [0.15, 0.2) is 5.82 Å². The van der Waals surface area contributed by atoms with Crippen LogP contribution in [0.15, 0.2) is 28.8 Å². The molecule has 2 rings (SSSR count). The number of hydrogen-bond donors (Lipinski definition) is 1. The molecule has 1 aromatic carbocycles. The zero-order chi connectivity index (χ0) is 15.6. The molecule has 1 unspecified atom stereocenters. The summed E-state index contributed by atoms with van der Waals surface area (Å²) >= 11 is 0. The molecule has 1 atom stereocenters. The van der Waals surface area contributed by atoms with E-state index in [-0.39, 0.29) is 11.7 Å². The van der Waals surface area contributed by atoms with Gasteiger partial charge in [-0.1, -0.05) is 37.6 Å². The SMILES string of the molecule is CCCC(C)c1onc(N)c1-c1cccc(C(F)(F)F)c1. The summed E-state index contributed by atoms with van der Waals surface area (Å²) < 4.78 is 43.7. The summed E-state index contributed by atoms with van der Waals surface area (Å²) in [5.74, 6) is 0.699. The first-order valence-corrected chi connectivity index (χ1v) is 6.77. The smallest absolute Gasteiger partial charge is 0.380 e. The first kappa shape index (κ1) is 15.4. The van der Waals surface area contributed by atoms with Gasteiger partial charge in [-0.25, -0.2) is 0 Å². The van der Waals surface area contributed by atoms with E-state index in [0.717, 1.165) is 25.0 Å². The number of rotatable bonds is 4. The molecule has 6 heteroatoms. The van der Waals surface area contributed by atoms with Crippen molar-refractivity contribution in [1.29, 1.82) is 0 Å². The Morgan fingerprint density at radius 3 is 2.67 bits per heavy atom. The zero-order valence-electron chi connectivity index (χ0n) is 11.9. The molecule has 114 valence electrons. The summed E-state index contributed by atoms with van der Waals surface area (Å²) in [4.78, 5) is 0. The first-order valence-electron chi connectivity index (χ1n) is 6.77. The topological polar surface area (TPSA) is 52.0 Å². The lowest BCUT2D eigenvalue weighted by Gasteiger charge is -2.11. The predicted molar refractivity (Wildman–Crippen MR) is 74.7 cm³/mol. The number of halogens is 3. The van der Waals surface area contributed by atoms with Crippen molar-refractivity contribution in [3.05, 3.63) is 35.6 Å². The molecule has 0 radical (unpaired) electrons. The largest absolute Gasteiger partial charge is 0.416 e. The number of nitrogen functional groups attached to an aromatic ring is 1. The highest BCUT2D eigenvalue weighted by atomic mass is 19.4. The third-order valence-corrected chi connectivity index (χ3v) is 3.39. The van der Waals surface area contributed by atoms with E-state index < -0.39 is 11.7 Å². The first-order chi connectivity index (χ1) is 9.84. The number of aromatic nitrogens is 1. The van der Waals surface area contributed by atoms with Crippen LogP contribution in [0.1, 0.15) is 43.9 Å². The van der Waals surface area contributed by atoms with Crippen molar-refractivity contribution in [2.45, 2.75) is 38.8 Å². The van der Waals surface area contributed by atoms with Crippen molar-refractivity contribution in [2.75, 3.05) is 5.73 Å². The van der Waals surface area contributed by atoms with Gasteiger partial charge in [-0.3, -0.25) is 0 Å². The van der Waals surface area contributed by atoms with Gasteiger partial charge in [0.1, 0.15) is 5.76 Å². The number of nitrogens with zero attached hydrogens (tertiary/aromatic N) is 1. The highest BCUT2D eigenvalue weighted by Gasteiger charge is 2.31. The zero-order valence-corrected chi connectivity index (χ0v) is 11.9. The van der Waals surface area contributed by atoms with Crippen molar-refractivity contribution < 1.29 is 17.7 Å². The number of alkyl halides is 3. The van der Waals surface area contributed by atoms with Crippen molar-refractivity contribution >= 4 is 5.82 Å². The minimum atomic E-state index is -4.39. The van der Waals surface area contributed by atoms with E-state index in [9.17, 15) is 13.2 Å². The van der Waals surface area contributed by atoms with Crippen LogP contribution < -0.4 is 5.73 Å². The molecule has 21 heavy (non-hydrogen) atoms. The number of nitrogens with two attached hydrogens (primary N) is 1. The van der Waals surface area contributed by atoms with Crippen LogP contribution in [0.5, 0.6) is 0 Å². The van der Waals surface area contributed by atoms with Crippen LogP contribution in [-0.2, 0) is 6.18 Å². The second-order valence-electron chi connectivity index (χ2n) is 5.08. The van der Waals surface area contributed by atoms with Gasteiger partial charge in [0.25, 0.3) is 0 Å². The molecule has 0 spiro atoms. The van der Waals surface area contributed by atoms with Gasteiger partial charge in [-0.2, -0.15) is 13.2 Å². The van der Waals surface area contributed by atoms with Crippen LogP contribution in [0.3, 0.4) is 0 Å². The lowest BCUT2D eigenvalue weighted by Crippen LogP contribution is -2.05. The minimum absolute atomic E-state index is 0.0457. The highest BCUT2D eigenvalue weighted by molar-refractivity contribution is 5.76. The van der Waals surface area contributed by atoms with E-state index in [4.69, 9.17) is 10.3 Å². The van der Waals surface area contributed by atoms with Gasteiger partial charge in [0, 0.05) is 5.92 Å². The lowest BCUT2D eigenvalue weighted by atomic mass is 9.95. The summed E-state index contributed by atoms with van der Waals surface area (Å²) in [6.07, 6.45) is -2.61. The highest BCUT2D eigenvalue weighted by Crippen LogP contribution is 2.38. The molecule has 1 heterocycles. The summed E-state index contributed by atoms with van der Waals surface area (Å²) in [6, 6.07) is 5.05. The molecule has 0 saturated heterocycles. The molecule has 0 fully saturated rings. The fourth-order valence-corrected chi connectivity index (χ4v) is 2.36. The van der Waals surface area contributed by atoms with Crippen molar-refractivity contribution in [2.24, 2.45) is 0 Å². The molecule has 2 N–H and O–H groups in total. The molecule has 3 nitrogen and oxygen atoms in total. The van der Waals surface area contributed by atoms with Crippen LogP contribution in [0.25, 0.3) is 11.1 Å². The number of benzene rings is 1. The molecule has 0 aliphatic carbocycles. The quantitative estimate of drug-likeness (QED) is 0.878. The maximum absolute atomic E-state index is 12.8. The summed E-state index contributed by atoms with van der Waals surface area (Å²) in [5, 5.41) is 3.71. The Morgan fingerprint density at radius 1 is 1.33 bits per heavy atom. The molecule has 2 aromatic rings. The Morgan fingerprint density at radius 2 is 2.05 bits per heavy atom. The van der Waals surface area contributed by atoms with Crippen LogP contribution in [0, 0.1) is 0 Å². The van der Waals surface area contributed by atoms with Gasteiger partial charge < -0.3 is 10.3 Å². The molecule has 0 aliphatic rings. The van der Waals surface area contributed by atoms with Gasteiger partial charge >= 0.3 is 6.18 Å². The molecule has 1 aromatic heterocycles. The normalized spacial score (nSPS) is 13.4. The molecular weight excluding hydrogens is 281 g/mol. The number of anilines is 1. The average molecular weight is 298 g/mol. The lowest BCUT2D eigenvalue weighted by molar-refractivity contribution is -0.137. The minimum Gasteiger partial charge on any atom is -0.380 e.